The topological polar surface area (TPSA) is 85.1 Å². The Kier molecular flexibility index (Phi) is 4.88. The first kappa shape index (κ1) is 17.5. The van der Waals surface area contributed by atoms with Gasteiger partial charge in [0.1, 0.15) is 17.3 Å². The summed E-state index contributed by atoms with van der Waals surface area (Å²) >= 11 is 0. The van der Waals surface area contributed by atoms with Crippen LogP contribution in [0.5, 0.6) is 5.75 Å². The second kappa shape index (κ2) is 7.79. The molecule has 0 amide bonds. The van der Waals surface area contributed by atoms with Crippen molar-refractivity contribution in [3.8, 4) is 17.0 Å². The maximum atomic E-state index is 5.37. The van der Waals surface area contributed by atoms with Crippen molar-refractivity contribution in [3.05, 3.63) is 72.4 Å². The van der Waals surface area contributed by atoms with Gasteiger partial charge in [-0.05, 0) is 36.8 Å². The zero-order chi connectivity index (χ0) is 19.3. The van der Waals surface area contributed by atoms with Crippen LogP contribution in [0.3, 0.4) is 0 Å². The molecule has 0 aliphatic carbocycles. The predicted molar refractivity (Wildman–Crippen MR) is 108 cm³/mol. The lowest BCUT2D eigenvalue weighted by atomic mass is 10.2. The molecule has 0 spiro atoms. The van der Waals surface area contributed by atoms with Crippen LogP contribution in [0.1, 0.15) is 5.56 Å². The van der Waals surface area contributed by atoms with Crippen molar-refractivity contribution in [2.75, 3.05) is 17.7 Å². The molecule has 0 saturated carbocycles. The summed E-state index contributed by atoms with van der Waals surface area (Å²) in [6, 6.07) is 19.2. The van der Waals surface area contributed by atoms with Crippen LogP contribution in [-0.4, -0.2) is 22.2 Å². The van der Waals surface area contributed by atoms with Gasteiger partial charge >= 0.3 is 0 Å². The maximum Gasteiger partial charge on any atom is 0.230 e. The highest BCUT2D eigenvalue weighted by Crippen LogP contribution is 2.25. The van der Waals surface area contributed by atoms with Crippen molar-refractivity contribution in [3.63, 3.8) is 0 Å². The van der Waals surface area contributed by atoms with Crippen molar-refractivity contribution < 1.29 is 9.26 Å². The second-order valence-corrected chi connectivity index (χ2v) is 6.14. The van der Waals surface area contributed by atoms with E-state index in [1.807, 2.05) is 61.5 Å². The molecule has 4 rings (SSSR count). The van der Waals surface area contributed by atoms with E-state index in [-0.39, 0.29) is 0 Å². The van der Waals surface area contributed by atoms with E-state index in [1.165, 1.54) is 0 Å². The van der Waals surface area contributed by atoms with E-state index in [4.69, 9.17) is 9.26 Å². The molecule has 2 aromatic carbocycles. The highest BCUT2D eigenvalue weighted by molar-refractivity contribution is 5.65. The van der Waals surface area contributed by atoms with Gasteiger partial charge in [0.15, 0.2) is 0 Å². The molecule has 0 bridgehead atoms. The summed E-state index contributed by atoms with van der Waals surface area (Å²) < 4.78 is 10.6. The van der Waals surface area contributed by atoms with Crippen LogP contribution >= 0.6 is 0 Å². The molecule has 140 valence electrons. The van der Waals surface area contributed by atoms with Crippen LogP contribution in [0.25, 0.3) is 11.3 Å². The van der Waals surface area contributed by atoms with Gasteiger partial charge in [-0.3, -0.25) is 0 Å². The largest absolute Gasteiger partial charge is 0.497 e. The summed E-state index contributed by atoms with van der Waals surface area (Å²) in [5.41, 5.74) is 3.68. The third-order valence-corrected chi connectivity index (χ3v) is 4.17. The number of hydrogen-bond acceptors (Lipinski definition) is 7. The highest BCUT2D eigenvalue weighted by atomic mass is 16.5. The summed E-state index contributed by atoms with van der Waals surface area (Å²) in [7, 11) is 1.65. The second-order valence-electron chi connectivity index (χ2n) is 6.14. The van der Waals surface area contributed by atoms with Gasteiger partial charge in [-0.25, -0.2) is 4.98 Å². The van der Waals surface area contributed by atoms with Gasteiger partial charge < -0.3 is 19.9 Å². The smallest absolute Gasteiger partial charge is 0.230 e. The van der Waals surface area contributed by atoms with Gasteiger partial charge in [0, 0.05) is 23.5 Å². The Balaban J connectivity index is 1.49. The Bertz CT molecular complexity index is 1080. The normalized spacial score (nSPS) is 10.5. The molecule has 0 saturated heterocycles. The number of rotatable bonds is 6. The number of nitrogens with zero attached hydrogens (tertiary/aromatic N) is 3. The number of aryl methyl sites for hydroxylation is 1. The number of nitrogens with one attached hydrogen (secondary N) is 2. The van der Waals surface area contributed by atoms with Crippen LogP contribution < -0.4 is 15.4 Å². The average molecular weight is 373 g/mol. The molecule has 0 aliphatic rings. The van der Waals surface area contributed by atoms with Gasteiger partial charge in [-0.2, -0.15) is 4.98 Å². The maximum absolute atomic E-state index is 5.37. The van der Waals surface area contributed by atoms with Crippen LogP contribution in [0.4, 0.5) is 23.3 Å². The van der Waals surface area contributed by atoms with E-state index in [1.54, 1.807) is 19.4 Å². The minimum Gasteiger partial charge on any atom is -0.497 e. The first-order valence-corrected chi connectivity index (χ1v) is 8.75. The fourth-order valence-electron chi connectivity index (χ4n) is 2.72. The molecule has 0 fully saturated rings. The van der Waals surface area contributed by atoms with Gasteiger partial charge in [0.2, 0.25) is 11.8 Å². The van der Waals surface area contributed by atoms with Crippen molar-refractivity contribution >= 4 is 23.3 Å². The number of benzene rings is 2. The van der Waals surface area contributed by atoms with Gasteiger partial charge in [-0.1, -0.05) is 35.5 Å². The van der Waals surface area contributed by atoms with Crippen molar-refractivity contribution in [1.29, 1.82) is 0 Å². The monoisotopic (exact) mass is 373 g/mol. The third-order valence-electron chi connectivity index (χ3n) is 4.17. The minimum absolute atomic E-state index is 0.473. The first-order valence-electron chi connectivity index (χ1n) is 8.75. The fraction of sp³-hybridized carbons (Fsp3) is 0.0952. The van der Waals surface area contributed by atoms with E-state index in [0.29, 0.717) is 17.7 Å². The minimum atomic E-state index is 0.473. The molecule has 4 aromatic rings. The van der Waals surface area contributed by atoms with E-state index < -0.39 is 0 Å². The Morgan fingerprint density at radius 1 is 0.964 bits per heavy atom. The van der Waals surface area contributed by atoms with Gasteiger partial charge in [0.25, 0.3) is 0 Å². The quantitative estimate of drug-likeness (QED) is 0.495. The number of aromatic nitrogens is 3. The summed E-state index contributed by atoms with van der Waals surface area (Å²) in [6.07, 6.45) is 1.67. The molecule has 28 heavy (non-hydrogen) atoms. The molecule has 7 heteroatoms. The molecule has 0 unspecified atom stereocenters. The molecular formula is C21H19N5O2. The van der Waals surface area contributed by atoms with Crippen molar-refractivity contribution in [2.24, 2.45) is 0 Å². The molecule has 0 aliphatic heterocycles. The van der Waals surface area contributed by atoms with E-state index in [0.717, 1.165) is 28.3 Å². The zero-order valence-electron chi connectivity index (χ0n) is 15.5. The molecular weight excluding hydrogens is 354 g/mol. The number of anilines is 4. The van der Waals surface area contributed by atoms with Crippen LogP contribution in [0.2, 0.25) is 0 Å². The molecule has 2 heterocycles. The Labute approximate surface area is 162 Å². The molecule has 0 radical (unpaired) electrons. The lowest BCUT2D eigenvalue weighted by Gasteiger charge is -2.10. The van der Waals surface area contributed by atoms with Crippen molar-refractivity contribution in [1.82, 2.24) is 15.1 Å². The Morgan fingerprint density at radius 3 is 2.61 bits per heavy atom. The number of hydrogen-bond donors (Lipinski definition) is 2. The third kappa shape index (κ3) is 3.93. The van der Waals surface area contributed by atoms with Gasteiger partial charge in [0.05, 0.1) is 7.11 Å². The predicted octanol–water partition coefficient (Wildman–Crippen LogP) is 4.94. The number of methoxy groups -OCH3 is 1. The summed E-state index contributed by atoms with van der Waals surface area (Å²) in [5, 5.41) is 10.4. The van der Waals surface area contributed by atoms with Crippen LogP contribution in [-0.2, 0) is 0 Å². The summed E-state index contributed by atoms with van der Waals surface area (Å²) in [4.78, 5) is 8.75. The molecule has 2 N–H and O–H groups in total. The standard InChI is InChI=1S/C21H19N5O2/c1-14-12-16(27-2)8-9-17(14)23-21-22-11-10-19(25-21)24-20-13-18(26-28-20)15-6-4-3-5-7-15/h3-13H,1-2H3,(H2,22,23,24,25). The number of ether oxygens (including phenoxy) is 1. The molecule has 2 aromatic heterocycles. The highest BCUT2D eigenvalue weighted by Gasteiger charge is 2.08. The van der Waals surface area contributed by atoms with E-state index in [2.05, 4.69) is 25.8 Å². The van der Waals surface area contributed by atoms with Crippen molar-refractivity contribution in [2.45, 2.75) is 6.92 Å². The fourth-order valence-corrected chi connectivity index (χ4v) is 2.72. The first-order chi connectivity index (χ1) is 13.7. The SMILES string of the molecule is COc1ccc(Nc2nccc(Nc3cc(-c4ccccc4)no3)n2)c(C)c1. The lowest BCUT2D eigenvalue weighted by molar-refractivity contribution is 0.414. The Morgan fingerprint density at radius 2 is 1.82 bits per heavy atom. The van der Waals surface area contributed by atoms with E-state index >= 15 is 0 Å². The molecule has 0 atom stereocenters. The zero-order valence-corrected chi connectivity index (χ0v) is 15.5. The van der Waals surface area contributed by atoms with Gasteiger partial charge in [-0.15, -0.1) is 0 Å². The Hall–Kier alpha value is -3.87. The average Bonchev–Trinajstić information content (AvgIpc) is 3.19. The molecule has 7 nitrogen and oxygen atoms in total. The van der Waals surface area contributed by atoms with E-state index in [9.17, 15) is 0 Å². The summed E-state index contributed by atoms with van der Waals surface area (Å²) in [6.45, 7) is 1.99. The summed E-state index contributed by atoms with van der Waals surface area (Å²) in [5.74, 6) is 2.38. The van der Waals surface area contributed by atoms with Crippen LogP contribution in [0.15, 0.2) is 71.4 Å². The van der Waals surface area contributed by atoms with Crippen LogP contribution in [0, 0.1) is 6.92 Å². The lowest BCUT2D eigenvalue weighted by Crippen LogP contribution is -2.01.